The largest absolute Gasteiger partial charge is 0.341 e. The summed E-state index contributed by atoms with van der Waals surface area (Å²) in [5.74, 6) is 0.633. The number of piperidine rings is 1. The summed E-state index contributed by atoms with van der Waals surface area (Å²) >= 11 is 0. The molecule has 0 bridgehead atoms. The molecular weight excluding hydrogens is 372 g/mol. The third-order valence-electron chi connectivity index (χ3n) is 5.91. The molecule has 29 heavy (non-hydrogen) atoms. The molecule has 9 heteroatoms. The minimum atomic E-state index is -0.606. The minimum absolute atomic E-state index is 0.173. The van der Waals surface area contributed by atoms with Gasteiger partial charge in [-0.05, 0) is 37.0 Å². The van der Waals surface area contributed by atoms with Gasteiger partial charge in [-0.15, -0.1) is 5.10 Å². The normalized spacial score (nSPS) is 21.7. The van der Waals surface area contributed by atoms with Crippen molar-refractivity contribution in [2.45, 2.75) is 38.3 Å². The number of hydrogen-bond donors (Lipinski definition) is 1. The maximum absolute atomic E-state index is 12.8. The molecule has 5 rings (SSSR count). The standard InChI is InChI=1S/C20H22N6O3/c1-24-20(25-8-2-3-9-25)22-17(23-24)12-4-5-14-13(10-12)11-26(19(14)29)15-6-7-16(27)21-18(15)28/h4-5,10,15H,2-3,6-9,11H2,1H3,(H,21,27,28). The van der Waals surface area contributed by atoms with Crippen molar-refractivity contribution in [3.8, 4) is 11.4 Å². The summed E-state index contributed by atoms with van der Waals surface area (Å²) in [5, 5.41) is 6.89. The smallest absolute Gasteiger partial charge is 0.255 e. The molecule has 2 aromatic rings. The van der Waals surface area contributed by atoms with Crippen LogP contribution >= 0.6 is 0 Å². The van der Waals surface area contributed by atoms with Crippen LogP contribution in [0.2, 0.25) is 0 Å². The van der Waals surface area contributed by atoms with Crippen molar-refractivity contribution >= 4 is 23.7 Å². The number of rotatable bonds is 3. The number of nitrogens with zero attached hydrogens (tertiary/aromatic N) is 5. The Hall–Kier alpha value is -3.23. The van der Waals surface area contributed by atoms with E-state index in [0.29, 0.717) is 24.4 Å². The number of carbonyl (C=O) groups is 3. The Morgan fingerprint density at radius 2 is 1.93 bits per heavy atom. The molecule has 0 aliphatic carbocycles. The number of nitrogens with one attached hydrogen (secondary N) is 1. The van der Waals surface area contributed by atoms with Crippen molar-refractivity contribution in [2.24, 2.45) is 7.05 Å². The topological polar surface area (TPSA) is 100 Å². The SMILES string of the molecule is Cn1nc(-c2ccc3c(c2)CN(C2CCC(=O)NC2=O)C3=O)nc1N1CCCC1. The number of aromatic nitrogens is 3. The van der Waals surface area contributed by atoms with Crippen molar-refractivity contribution in [3.05, 3.63) is 29.3 Å². The second kappa shape index (κ2) is 6.68. The van der Waals surface area contributed by atoms with Gasteiger partial charge in [-0.3, -0.25) is 19.7 Å². The van der Waals surface area contributed by atoms with E-state index < -0.39 is 11.9 Å². The van der Waals surface area contributed by atoms with Gasteiger partial charge in [0.25, 0.3) is 5.91 Å². The van der Waals surface area contributed by atoms with Crippen LogP contribution in [0.5, 0.6) is 0 Å². The zero-order chi connectivity index (χ0) is 20.1. The molecule has 2 saturated heterocycles. The maximum Gasteiger partial charge on any atom is 0.255 e. The Morgan fingerprint density at radius 1 is 1.14 bits per heavy atom. The van der Waals surface area contributed by atoms with Crippen LogP contribution in [-0.2, 0) is 23.2 Å². The molecule has 1 N–H and O–H groups in total. The molecule has 9 nitrogen and oxygen atoms in total. The van der Waals surface area contributed by atoms with Crippen LogP contribution < -0.4 is 10.2 Å². The average Bonchev–Trinajstić information content (AvgIpc) is 3.41. The Labute approximate surface area is 167 Å². The fraction of sp³-hybridized carbons (Fsp3) is 0.450. The molecule has 1 aromatic carbocycles. The van der Waals surface area contributed by atoms with Crippen molar-refractivity contribution in [1.29, 1.82) is 0 Å². The van der Waals surface area contributed by atoms with E-state index in [4.69, 9.17) is 4.98 Å². The number of aryl methyl sites for hydroxylation is 1. The minimum Gasteiger partial charge on any atom is -0.341 e. The zero-order valence-corrected chi connectivity index (χ0v) is 16.2. The molecule has 3 aliphatic rings. The summed E-state index contributed by atoms with van der Waals surface area (Å²) in [7, 11) is 1.89. The highest BCUT2D eigenvalue weighted by atomic mass is 16.2. The van der Waals surface area contributed by atoms with E-state index in [1.807, 2.05) is 19.2 Å². The summed E-state index contributed by atoms with van der Waals surface area (Å²) in [6.45, 7) is 2.33. The summed E-state index contributed by atoms with van der Waals surface area (Å²) in [6, 6.07) is 4.96. The van der Waals surface area contributed by atoms with E-state index in [-0.39, 0.29) is 18.2 Å². The lowest BCUT2D eigenvalue weighted by Gasteiger charge is -2.29. The lowest BCUT2D eigenvalue weighted by atomic mass is 10.0. The summed E-state index contributed by atoms with van der Waals surface area (Å²) < 4.78 is 1.80. The number of carbonyl (C=O) groups excluding carboxylic acids is 3. The first-order chi connectivity index (χ1) is 14.0. The third kappa shape index (κ3) is 2.97. The molecule has 4 heterocycles. The van der Waals surface area contributed by atoms with E-state index in [2.05, 4.69) is 15.3 Å². The molecular formula is C20H22N6O3. The van der Waals surface area contributed by atoms with Gasteiger partial charge in [0.2, 0.25) is 17.8 Å². The quantitative estimate of drug-likeness (QED) is 0.775. The lowest BCUT2D eigenvalue weighted by molar-refractivity contribution is -0.136. The van der Waals surface area contributed by atoms with Crippen LogP contribution in [0.15, 0.2) is 18.2 Å². The van der Waals surface area contributed by atoms with Gasteiger partial charge in [0.05, 0.1) is 0 Å². The second-order valence-electron chi connectivity index (χ2n) is 7.83. The Morgan fingerprint density at radius 3 is 2.69 bits per heavy atom. The van der Waals surface area contributed by atoms with Crippen molar-refractivity contribution in [1.82, 2.24) is 25.0 Å². The van der Waals surface area contributed by atoms with E-state index >= 15 is 0 Å². The first-order valence-corrected chi connectivity index (χ1v) is 9.95. The Bertz CT molecular complexity index is 1020. The fourth-order valence-corrected chi connectivity index (χ4v) is 4.40. The molecule has 0 spiro atoms. The van der Waals surface area contributed by atoms with Gasteiger partial charge in [-0.2, -0.15) is 4.98 Å². The predicted molar refractivity (Wildman–Crippen MR) is 104 cm³/mol. The molecule has 1 unspecified atom stereocenters. The van der Waals surface area contributed by atoms with Gasteiger partial charge in [0, 0.05) is 44.2 Å². The summed E-state index contributed by atoms with van der Waals surface area (Å²) in [6.07, 6.45) is 2.94. The zero-order valence-electron chi connectivity index (χ0n) is 16.2. The van der Waals surface area contributed by atoms with Crippen molar-refractivity contribution in [2.75, 3.05) is 18.0 Å². The van der Waals surface area contributed by atoms with Crippen LogP contribution in [-0.4, -0.2) is 56.5 Å². The monoisotopic (exact) mass is 394 g/mol. The molecule has 3 amide bonds. The van der Waals surface area contributed by atoms with Gasteiger partial charge < -0.3 is 9.80 Å². The number of hydrogen-bond acceptors (Lipinski definition) is 6. The second-order valence-corrected chi connectivity index (χ2v) is 7.83. The molecule has 0 radical (unpaired) electrons. The van der Waals surface area contributed by atoms with Gasteiger partial charge in [-0.25, -0.2) is 4.68 Å². The first-order valence-electron chi connectivity index (χ1n) is 9.95. The van der Waals surface area contributed by atoms with Crippen LogP contribution in [0, 0.1) is 0 Å². The van der Waals surface area contributed by atoms with Crippen LogP contribution in [0.4, 0.5) is 5.95 Å². The third-order valence-corrected chi connectivity index (χ3v) is 5.91. The molecule has 3 aliphatic heterocycles. The molecule has 1 atom stereocenters. The van der Waals surface area contributed by atoms with Gasteiger partial charge >= 0.3 is 0 Å². The van der Waals surface area contributed by atoms with E-state index in [9.17, 15) is 14.4 Å². The number of amides is 3. The number of anilines is 1. The molecule has 1 aromatic heterocycles. The molecule has 0 saturated carbocycles. The molecule has 150 valence electrons. The van der Waals surface area contributed by atoms with Crippen LogP contribution in [0.25, 0.3) is 11.4 Å². The number of fused-ring (bicyclic) bond motifs is 1. The predicted octanol–water partition coefficient (Wildman–Crippen LogP) is 0.843. The first kappa shape index (κ1) is 17.8. The van der Waals surface area contributed by atoms with E-state index in [0.717, 1.165) is 30.2 Å². The maximum atomic E-state index is 12.8. The Balaban J connectivity index is 1.41. The van der Waals surface area contributed by atoms with Gasteiger partial charge in [0.15, 0.2) is 5.82 Å². The highest BCUT2D eigenvalue weighted by Gasteiger charge is 2.39. The van der Waals surface area contributed by atoms with Crippen LogP contribution in [0.3, 0.4) is 0 Å². The fourth-order valence-electron chi connectivity index (χ4n) is 4.40. The van der Waals surface area contributed by atoms with Gasteiger partial charge in [0.1, 0.15) is 6.04 Å². The van der Waals surface area contributed by atoms with Crippen LogP contribution in [0.1, 0.15) is 41.6 Å². The summed E-state index contributed by atoms with van der Waals surface area (Å²) in [4.78, 5) is 44.9. The average molecular weight is 394 g/mol. The lowest BCUT2D eigenvalue weighted by Crippen LogP contribution is -2.52. The van der Waals surface area contributed by atoms with Gasteiger partial charge in [-0.1, -0.05) is 6.07 Å². The number of benzene rings is 1. The van der Waals surface area contributed by atoms with E-state index in [1.54, 1.807) is 15.6 Å². The molecule has 2 fully saturated rings. The Kier molecular flexibility index (Phi) is 4.11. The highest BCUT2D eigenvalue weighted by Crippen LogP contribution is 2.31. The van der Waals surface area contributed by atoms with Crippen molar-refractivity contribution < 1.29 is 14.4 Å². The van der Waals surface area contributed by atoms with E-state index in [1.165, 1.54) is 12.8 Å². The highest BCUT2D eigenvalue weighted by molar-refractivity contribution is 6.05. The summed E-state index contributed by atoms with van der Waals surface area (Å²) in [5.41, 5.74) is 2.30. The van der Waals surface area contributed by atoms with Crippen molar-refractivity contribution in [3.63, 3.8) is 0 Å². The number of imide groups is 1.